The normalized spacial score (nSPS) is 12.7. The SMILES string of the molecule is CNC(c1cc(Cl)ccc1Cl)c1c(Br)cnn1C. The van der Waals surface area contributed by atoms with Crippen LogP contribution in [0.4, 0.5) is 0 Å². The summed E-state index contributed by atoms with van der Waals surface area (Å²) >= 11 is 15.8. The zero-order valence-corrected chi connectivity index (χ0v) is 13.0. The fourth-order valence-electron chi connectivity index (χ4n) is 1.92. The molecule has 0 aliphatic rings. The van der Waals surface area contributed by atoms with Crippen LogP contribution in [0.15, 0.2) is 28.9 Å². The monoisotopic (exact) mass is 347 g/mol. The van der Waals surface area contributed by atoms with E-state index in [1.54, 1.807) is 18.3 Å². The number of hydrogen-bond donors (Lipinski definition) is 1. The van der Waals surface area contributed by atoms with Crippen molar-refractivity contribution in [3.63, 3.8) is 0 Å². The second-order valence-electron chi connectivity index (χ2n) is 3.89. The molecule has 1 unspecified atom stereocenters. The van der Waals surface area contributed by atoms with Gasteiger partial charge in [0.15, 0.2) is 0 Å². The maximum Gasteiger partial charge on any atom is 0.0772 e. The number of hydrogen-bond acceptors (Lipinski definition) is 2. The lowest BCUT2D eigenvalue weighted by atomic mass is 10.0. The molecule has 0 aliphatic carbocycles. The summed E-state index contributed by atoms with van der Waals surface area (Å²) in [6, 6.07) is 5.37. The van der Waals surface area contributed by atoms with Gasteiger partial charge in [-0.05, 0) is 46.7 Å². The van der Waals surface area contributed by atoms with E-state index >= 15 is 0 Å². The summed E-state index contributed by atoms with van der Waals surface area (Å²) in [5.41, 5.74) is 1.93. The van der Waals surface area contributed by atoms with Gasteiger partial charge in [-0.2, -0.15) is 5.10 Å². The molecular formula is C12H12BrCl2N3. The number of aryl methyl sites for hydroxylation is 1. The van der Waals surface area contributed by atoms with Gasteiger partial charge in [-0.25, -0.2) is 0 Å². The van der Waals surface area contributed by atoms with Gasteiger partial charge in [0.2, 0.25) is 0 Å². The van der Waals surface area contributed by atoms with Crippen LogP contribution in [-0.4, -0.2) is 16.8 Å². The van der Waals surface area contributed by atoms with Crippen LogP contribution < -0.4 is 5.32 Å². The van der Waals surface area contributed by atoms with E-state index in [1.165, 1.54) is 0 Å². The molecule has 1 aromatic carbocycles. The highest BCUT2D eigenvalue weighted by molar-refractivity contribution is 9.10. The minimum absolute atomic E-state index is 0.0712. The molecule has 0 radical (unpaired) electrons. The van der Waals surface area contributed by atoms with Crippen molar-refractivity contribution in [2.24, 2.45) is 7.05 Å². The average molecular weight is 349 g/mol. The Bertz CT molecular complexity index is 549. The van der Waals surface area contributed by atoms with Gasteiger partial charge in [-0.1, -0.05) is 23.2 Å². The van der Waals surface area contributed by atoms with E-state index < -0.39 is 0 Å². The number of nitrogens with zero attached hydrogens (tertiary/aromatic N) is 2. The minimum Gasteiger partial charge on any atom is -0.308 e. The van der Waals surface area contributed by atoms with Crippen molar-refractivity contribution in [2.75, 3.05) is 7.05 Å². The van der Waals surface area contributed by atoms with Crippen LogP contribution >= 0.6 is 39.1 Å². The van der Waals surface area contributed by atoms with E-state index in [1.807, 2.05) is 24.8 Å². The van der Waals surface area contributed by atoms with Crippen molar-refractivity contribution in [3.8, 4) is 0 Å². The zero-order valence-electron chi connectivity index (χ0n) is 9.92. The third-order valence-electron chi connectivity index (χ3n) is 2.77. The lowest BCUT2D eigenvalue weighted by Gasteiger charge is -2.19. The largest absolute Gasteiger partial charge is 0.308 e. The Kier molecular flexibility index (Phi) is 4.33. The van der Waals surface area contributed by atoms with Crippen molar-refractivity contribution >= 4 is 39.1 Å². The molecule has 3 nitrogen and oxygen atoms in total. The van der Waals surface area contributed by atoms with Crippen LogP contribution in [0.1, 0.15) is 17.3 Å². The first-order valence-electron chi connectivity index (χ1n) is 5.34. The topological polar surface area (TPSA) is 29.9 Å². The summed E-state index contributed by atoms with van der Waals surface area (Å²) in [6.45, 7) is 0. The van der Waals surface area contributed by atoms with Gasteiger partial charge < -0.3 is 5.32 Å². The van der Waals surface area contributed by atoms with Gasteiger partial charge in [-0.3, -0.25) is 4.68 Å². The highest BCUT2D eigenvalue weighted by Crippen LogP contribution is 2.33. The van der Waals surface area contributed by atoms with Crippen molar-refractivity contribution in [1.82, 2.24) is 15.1 Å². The summed E-state index contributed by atoms with van der Waals surface area (Å²) < 4.78 is 2.74. The Balaban J connectivity index is 2.55. The molecule has 6 heteroatoms. The van der Waals surface area contributed by atoms with E-state index in [2.05, 4.69) is 26.3 Å². The van der Waals surface area contributed by atoms with Crippen molar-refractivity contribution < 1.29 is 0 Å². The summed E-state index contributed by atoms with van der Waals surface area (Å²) in [4.78, 5) is 0. The first-order valence-corrected chi connectivity index (χ1v) is 6.89. The molecule has 0 saturated heterocycles. The minimum atomic E-state index is -0.0712. The predicted octanol–water partition coefficient (Wildman–Crippen LogP) is 3.80. The predicted molar refractivity (Wildman–Crippen MR) is 78.3 cm³/mol. The Morgan fingerprint density at radius 2 is 2.11 bits per heavy atom. The van der Waals surface area contributed by atoms with Crippen LogP contribution in [0.2, 0.25) is 10.0 Å². The summed E-state index contributed by atoms with van der Waals surface area (Å²) in [5.74, 6) is 0. The van der Waals surface area contributed by atoms with Crippen molar-refractivity contribution in [2.45, 2.75) is 6.04 Å². The van der Waals surface area contributed by atoms with Crippen molar-refractivity contribution in [1.29, 1.82) is 0 Å². The number of rotatable bonds is 3. The number of nitrogens with one attached hydrogen (secondary N) is 1. The molecule has 0 saturated carbocycles. The van der Waals surface area contributed by atoms with E-state index in [-0.39, 0.29) is 6.04 Å². The smallest absolute Gasteiger partial charge is 0.0772 e. The number of halogens is 3. The van der Waals surface area contributed by atoms with Gasteiger partial charge >= 0.3 is 0 Å². The van der Waals surface area contributed by atoms with Crippen LogP contribution in [0.5, 0.6) is 0 Å². The highest BCUT2D eigenvalue weighted by atomic mass is 79.9. The molecule has 1 heterocycles. The standard InChI is InChI=1S/C12H12BrCl2N3/c1-16-11(12-9(13)6-17-18(12)2)8-5-7(14)3-4-10(8)15/h3-6,11,16H,1-2H3. The van der Waals surface area contributed by atoms with E-state index in [9.17, 15) is 0 Å². The summed E-state index contributed by atoms with van der Waals surface area (Å²) in [6.07, 6.45) is 1.76. The molecule has 0 spiro atoms. The van der Waals surface area contributed by atoms with Gasteiger partial charge in [-0.15, -0.1) is 0 Å². The highest BCUT2D eigenvalue weighted by Gasteiger charge is 2.21. The Morgan fingerprint density at radius 1 is 1.39 bits per heavy atom. The van der Waals surface area contributed by atoms with Gasteiger partial charge in [0, 0.05) is 17.1 Å². The maximum absolute atomic E-state index is 6.25. The van der Waals surface area contributed by atoms with Crippen LogP contribution in [0, 0.1) is 0 Å². The molecule has 2 rings (SSSR count). The van der Waals surface area contributed by atoms with Crippen LogP contribution in [-0.2, 0) is 7.05 Å². The Morgan fingerprint density at radius 3 is 2.67 bits per heavy atom. The van der Waals surface area contributed by atoms with Gasteiger partial charge in [0.1, 0.15) is 0 Å². The second kappa shape index (κ2) is 5.61. The fourth-order valence-corrected chi connectivity index (χ4v) is 2.90. The van der Waals surface area contributed by atoms with Crippen LogP contribution in [0.3, 0.4) is 0 Å². The second-order valence-corrected chi connectivity index (χ2v) is 5.59. The lowest BCUT2D eigenvalue weighted by Crippen LogP contribution is -2.21. The van der Waals surface area contributed by atoms with Gasteiger partial charge in [0.05, 0.1) is 22.4 Å². The average Bonchev–Trinajstić information content (AvgIpc) is 2.66. The Hall–Kier alpha value is -0.550. The van der Waals surface area contributed by atoms with Crippen molar-refractivity contribution in [3.05, 3.63) is 50.2 Å². The number of aromatic nitrogens is 2. The van der Waals surface area contributed by atoms with E-state index in [0.717, 1.165) is 15.7 Å². The van der Waals surface area contributed by atoms with Crippen LogP contribution in [0.25, 0.3) is 0 Å². The quantitative estimate of drug-likeness (QED) is 0.914. The van der Waals surface area contributed by atoms with Gasteiger partial charge in [0.25, 0.3) is 0 Å². The molecule has 0 aliphatic heterocycles. The molecule has 2 aromatic rings. The lowest BCUT2D eigenvalue weighted by molar-refractivity contribution is 0.604. The van der Waals surface area contributed by atoms with E-state index in [4.69, 9.17) is 23.2 Å². The molecular weight excluding hydrogens is 337 g/mol. The molecule has 18 heavy (non-hydrogen) atoms. The summed E-state index contributed by atoms with van der Waals surface area (Å²) in [7, 11) is 3.77. The molecule has 0 amide bonds. The Labute approximate surface area is 124 Å². The third-order valence-corrected chi connectivity index (χ3v) is 3.96. The molecule has 1 atom stereocenters. The molecule has 96 valence electrons. The first-order chi connectivity index (χ1) is 8.54. The fraction of sp³-hybridized carbons (Fsp3) is 0.250. The summed E-state index contributed by atoms with van der Waals surface area (Å²) in [5, 5.41) is 8.79. The molecule has 1 N–H and O–H groups in total. The molecule has 1 aromatic heterocycles. The number of benzene rings is 1. The zero-order chi connectivity index (χ0) is 13.3. The molecule has 0 fully saturated rings. The molecule has 0 bridgehead atoms. The third kappa shape index (κ3) is 2.57. The van der Waals surface area contributed by atoms with E-state index in [0.29, 0.717) is 10.0 Å². The maximum atomic E-state index is 6.25. The first kappa shape index (κ1) is 13.9.